The van der Waals surface area contributed by atoms with Crippen molar-refractivity contribution in [3.63, 3.8) is 0 Å². The molecule has 1 saturated heterocycles. The minimum absolute atomic E-state index is 0.119. The highest BCUT2D eigenvalue weighted by Gasteiger charge is 2.17. The molecule has 0 bridgehead atoms. The maximum absolute atomic E-state index is 13.0. The number of amides is 1. The molecule has 0 atom stereocenters. The predicted molar refractivity (Wildman–Crippen MR) is 121 cm³/mol. The molecule has 8 heteroatoms. The lowest BCUT2D eigenvalue weighted by atomic mass is 10.2. The Morgan fingerprint density at radius 1 is 1.10 bits per heavy atom. The highest BCUT2D eigenvalue weighted by atomic mass is 79.9. The number of nitrogens with zero attached hydrogens (tertiary/aromatic N) is 3. The van der Waals surface area contributed by atoms with E-state index in [0.717, 1.165) is 38.9 Å². The van der Waals surface area contributed by atoms with Crippen molar-refractivity contribution in [2.45, 2.75) is 16.5 Å². The van der Waals surface area contributed by atoms with Gasteiger partial charge in [-0.3, -0.25) is 4.79 Å². The smallest absolute Gasteiger partial charge is 0.252 e. The van der Waals surface area contributed by atoms with Crippen LogP contribution >= 0.6 is 27.7 Å². The number of rotatable bonds is 6. The first-order chi connectivity index (χ1) is 14.7. The van der Waals surface area contributed by atoms with E-state index in [0.29, 0.717) is 25.3 Å². The number of carbonyl (C=O) groups is 1. The summed E-state index contributed by atoms with van der Waals surface area (Å²) in [5, 5.41) is 3.89. The van der Waals surface area contributed by atoms with E-state index in [9.17, 15) is 4.79 Å². The van der Waals surface area contributed by atoms with Crippen molar-refractivity contribution in [2.75, 3.05) is 31.2 Å². The minimum Gasteiger partial charge on any atom is -0.378 e. The van der Waals surface area contributed by atoms with Crippen LogP contribution in [0.2, 0.25) is 0 Å². The number of morpholine rings is 1. The van der Waals surface area contributed by atoms with Gasteiger partial charge in [0.05, 0.1) is 18.8 Å². The molecular formula is C22H21BrN4O2S. The molecule has 3 aromatic rings. The summed E-state index contributed by atoms with van der Waals surface area (Å²) in [5.74, 6) is 0.787. The molecule has 1 aliphatic rings. The lowest BCUT2D eigenvalue weighted by Crippen LogP contribution is -2.37. The molecule has 0 radical (unpaired) electrons. The molecule has 0 unspecified atom stereocenters. The number of pyridine rings is 2. The van der Waals surface area contributed by atoms with Crippen LogP contribution in [0.3, 0.4) is 0 Å². The van der Waals surface area contributed by atoms with Gasteiger partial charge in [0.25, 0.3) is 5.91 Å². The van der Waals surface area contributed by atoms with Crippen molar-refractivity contribution < 1.29 is 9.53 Å². The second kappa shape index (κ2) is 10.1. The van der Waals surface area contributed by atoms with Crippen LogP contribution in [0.25, 0.3) is 0 Å². The van der Waals surface area contributed by atoms with Crippen LogP contribution in [0, 0.1) is 0 Å². The van der Waals surface area contributed by atoms with Crippen LogP contribution in [0.4, 0.5) is 5.82 Å². The maximum Gasteiger partial charge on any atom is 0.252 e. The Hall–Kier alpha value is -2.42. The second-order valence-electron chi connectivity index (χ2n) is 6.68. The molecule has 0 spiro atoms. The number of halogens is 1. The Kier molecular flexibility index (Phi) is 6.99. The molecule has 1 fully saturated rings. The van der Waals surface area contributed by atoms with Gasteiger partial charge in [-0.1, -0.05) is 30.0 Å². The van der Waals surface area contributed by atoms with Gasteiger partial charge in [-0.25, -0.2) is 9.97 Å². The summed E-state index contributed by atoms with van der Waals surface area (Å²) < 4.78 is 6.36. The van der Waals surface area contributed by atoms with Crippen molar-refractivity contribution in [2.24, 2.45) is 0 Å². The average molecular weight is 485 g/mol. The van der Waals surface area contributed by atoms with E-state index in [2.05, 4.69) is 36.1 Å². The van der Waals surface area contributed by atoms with Gasteiger partial charge in [-0.15, -0.1) is 0 Å². The number of hydrogen-bond donors (Lipinski definition) is 1. The first-order valence-electron chi connectivity index (χ1n) is 9.64. The number of anilines is 1. The number of hydrogen-bond acceptors (Lipinski definition) is 6. The molecule has 6 nitrogen and oxygen atoms in total. The molecule has 2 aromatic heterocycles. The van der Waals surface area contributed by atoms with E-state index in [1.807, 2.05) is 48.5 Å². The third kappa shape index (κ3) is 5.19. The molecule has 3 heterocycles. The molecule has 154 valence electrons. The lowest BCUT2D eigenvalue weighted by molar-refractivity contribution is 0.0947. The van der Waals surface area contributed by atoms with Crippen LogP contribution in [0.1, 0.15) is 15.9 Å². The number of benzene rings is 1. The quantitative estimate of drug-likeness (QED) is 0.566. The van der Waals surface area contributed by atoms with E-state index in [-0.39, 0.29) is 5.91 Å². The Labute approximate surface area is 188 Å². The van der Waals surface area contributed by atoms with Gasteiger partial charge in [0, 0.05) is 47.0 Å². The van der Waals surface area contributed by atoms with Crippen LogP contribution in [0.15, 0.2) is 75.3 Å². The van der Waals surface area contributed by atoms with Crippen molar-refractivity contribution >= 4 is 39.4 Å². The van der Waals surface area contributed by atoms with Crippen LogP contribution in [-0.4, -0.2) is 42.2 Å². The summed E-state index contributed by atoms with van der Waals surface area (Å²) in [5.41, 5.74) is 1.62. The van der Waals surface area contributed by atoms with Gasteiger partial charge >= 0.3 is 0 Å². The summed E-state index contributed by atoms with van der Waals surface area (Å²) >= 11 is 4.87. The summed E-state index contributed by atoms with van der Waals surface area (Å²) in [7, 11) is 0. The van der Waals surface area contributed by atoms with E-state index < -0.39 is 0 Å². The van der Waals surface area contributed by atoms with Crippen molar-refractivity contribution in [3.8, 4) is 0 Å². The SMILES string of the molecule is O=C(NCc1cccnc1N1CCOCC1)c1ccccc1Sc1ccc(Br)cn1. The molecule has 1 aromatic carbocycles. The van der Waals surface area contributed by atoms with Gasteiger partial charge in [0.15, 0.2) is 0 Å². The summed E-state index contributed by atoms with van der Waals surface area (Å²) in [4.78, 5) is 25.0. The molecule has 0 aliphatic carbocycles. The third-order valence-electron chi connectivity index (χ3n) is 4.66. The van der Waals surface area contributed by atoms with Crippen molar-refractivity contribution in [1.82, 2.24) is 15.3 Å². The number of carbonyl (C=O) groups excluding carboxylic acids is 1. The minimum atomic E-state index is -0.119. The molecule has 30 heavy (non-hydrogen) atoms. The fourth-order valence-electron chi connectivity index (χ4n) is 3.18. The molecule has 1 amide bonds. The van der Waals surface area contributed by atoms with Gasteiger partial charge < -0.3 is 15.0 Å². The zero-order chi connectivity index (χ0) is 20.8. The first kappa shape index (κ1) is 20.8. The van der Waals surface area contributed by atoms with Gasteiger partial charge in [0.2, 0.25) is 0 Å². The van der Waals surface area contributed by atoms with E-state index >= 15 is 0 Å². The Morgan fingerprint density at radius 3 is 2.73 bits per heavy atom. The molecular weight excluding hydrogens is 464 g/mol. The molecule has 4 rings (SSSR count). The second-order valence-corrected chi connectivity index (χ2v) is 8.66. The van der Waals surface area contributed by atoms with Crippen molar-refractivity contribution in [1.29, 1.82) is 0 Å². The fraction of sp³-hybridized carbons (Fsp3) is 0.227. The molecule has 1 N–H and O–H groups in total. The summed E-state index contributed by atoms with van der Waals surface area (Å²) in [6.07, 6.45) is 3.54. The van der Waals surface area contributed by atoms with Gasteiger partial charge in [0.1, 0.15) is 10.8 Å². The normalized spacial score (nSPS) is 13.8. The zero-order valence-corrected chi connectivity index (χ0v) is 18.7. The first-order valence-corrected chi connectivity index (χ1v) is 11.2. The fourth-order valence-corrected chi connectivity index (χ4v) is 4.30. The highest BCUT2D eigenvalue weighted by Crippen LogP contribution is 2.29. The summed E-state index contributed by atoms with van der Waals surface area (Å²) in [6, 6.07) is 15.3. The van der Waals surface area contributed by atoms with E-state index in [1.54, 1.807) is 12.4 Å². The maximum atomic E-state index is 13.0. The van der Waals surface area contributed by atoms with Crippen LogP contribution in [0.5, 0.6) is 0 Å². The summed E-state index contributed by atoms with van der Waals surface area (Å²) in [6.45, 7) is 3.40. The number of nitrogens with one attached hydrogen (secondary N) is 1. The highest BCUT2D eigenvalue weighted by molar-refractivity contribution is 9.10. The lowest BCUT2D eigenvalue weighted by Gasteiger charge is -2.29. The van der Waals surface area contributed by atoms with E-state index in [4.69, 9.17) is 4.74 Å². The average Bonchev–Trinajstić information content (AvgIpc) is 2.80. The number of ether oxygens (including phenoxy) is 1. The van der Waals surface area contributed by atoms with Gasteiger partial charge in [-0.2, -0.15) is 0 Å². The Morgan fingerprint density at radius 2 is 1.93 bits per heavy atom. The third-order valence-corrected chi connectivity index (χ3v) is 6.16. The number of aromatic nitrogens is 2. The van der Waals surface area contributed by atoms with Crippen LogP contribution in [-0.2, 0) is 11.3 Å². The van der Waals surface area contributed by atoms with Crippen LogP contribution < -0.4 is 10.2 Å². The largest absolute Gasteiger partial charge is 0.378 e. The topological polar surface area (TPSA) is 67.4 Å². The standard InChI is InChI=1S/C22H21BrN4O2S/c23-17-7-8-20(25-15-17)30-19-6-2-1-5-18(19)22(28)26-14-16-4-3-9-24-21(16)27-10-12-29-13-11-27/h1-9,15H,10-14H2,(H,26,28). The predicted octanol–water partition coefficient (Wildman–Crippen LogP) is 4.16. The molecule has 1 aliphatic heterocycles. The van der Waals surface area contributed by atoms with E-state index in [1.165, 1.54) is 11.8 Å². The monoisotopic (exact) mass is 484 g/mol. The Balaban J connectivity index is 1.47. The van der Waals surface area contributed by atoms with Gasteiger partial charge in [-0.05, 0) is 46.3 Å². The Bertz CT molecular complexity index is 1010. The zero-order valence-electron chi connectivity index (χ0n) is 16.3. The van der Waals surface area contributed by atoms with Crippen molar-refractivity contribution in [3.05, 3.63) is 76.5 Å². The molecule has 0 saturated carbocycles.